The van der Waals surface area contributed by atoms with Crippen molar-refractivity contribution in [1.29, 1.82) is 0 Å². The van der Waals surface area contributed by atoms with E-state index in [9.17, 15) is 4.79 Å². The molecule has 7 nitrogen and oxygen atoms in total. The minimum Gasteiger partial charge on any atom is -0.382 e. The predicted molar refractivity (Wildman–Crippen MR) is 63.7 cm³/mol. The first-order chi connectivity index (χ1) is 8.19. The smallest absolute Gasteiger partial charge is 0.277 e. The zero-order chi connectivity index (χ0) is 12.3. The van der Waals surface area contributed by atoms with Crippen molar-refractivity contribution in [2.45, 2.75) is 13.3 Å². The summed E-state index contributed by atoms with van der Waals surface area (Å²) >= 11 is 1.33. The second-order valence-electron chi connectivity index (χ2n) is 3.14. The van der Waals surface area contributed by atoms with E-state index in [1.165, 1.54) is 23.7 Å². The second-order valence-corrected chi connectivity index (χ2v) is 4.20. The average molecular weight is 250 g/mol. The molecule has 0 aromatic carbocycles. The summed E-state index contributed by atoms with van der Waals surface area (Å²) in [6.07, 6.45) is 3.50. The Morgan fingerprint density at radius 1 is 1.47 bits per heavy atom. The maximum absolute atomic E-state index is 11.7. The van der Waals surface area contributed by atoms with E-state index in [-0.39, 0.29) is 11.5 Å². The molecule has 0 bridgehead atoms. The topological polar surface area (TPSA) is 107 Å². The monoisotopic (exact) mass is 250 g/mol. The maximum atomic E-state index is 11.7. The number of amides is 1. The van der Waals surface area contributed by atoms with Crippen LogP contribution >= 0.6 is 11.3 Å². The SMILES string of the molecule is CCc1nnc(NC(=O)c2cncc(N)n2)s1. The summed E-state index contributed by atoms with van der Waals surface area (Å²) in [5.41, 5.74) is 5.59. The molecule has 0 unspecified atom stereocenters. The van der Waals surface area contributed by atoms with E-state index in [4.69, 9.17) is 5.73 Å². The highest BCUT2D eigenvalue weighted by atomic mass is 32.1. The molecule has 3 N–H and O–H groups in total. The van der Waals surface area contributed by atoms with E-state index in [0.29, 0.717) is 5.13 Å². The Bertz CT molecular complexity index is 540. The van der Waals surface area contributed by atoms with Crippen molar-refractivity contribution in [2.24, 2.45) is 0 Å². The van der Waals surface area contributed by atoms with E-state index in [1.807, 2.05) is 6.92 Å². The quantitative estimate of drug-likeness (QED) is 0.831. The van der Waals surface area contributed by atoms with Crippen LogP contribution in [0.15, 0.2) is 12.4 Å². The highest BCUT2D eigenvalue weighted by molar-refractivity contribution is 7.15. The predicted octanol–water partition coefficient (Wildman–Crippen LogP) is 0.725. The van der Waals surface area contributed by atoms with E-state index < -0.39 is 5.91 Å². The third kappa shape index (κ3) is 2.72. The fourth-order valence-electron chi connectivity index (χ4n) is 1.10. The van der Waals surface area contributed by atoms with Gasteiger partial charge in [0.25, 0.3) is 5.91 Å². The number of rotatable bonds is 3. The lowest BCUT2D eigenvalue weighted by atomic mass is 10.4. The van der Waals surface area contributed by atoms with Crippen LogP contribution in [0.5, 0.6) is 0 Å². The van der Waals surface area contributed by atoms with Gasteiger partial charge >= 0.3 is 0 Å². The van der Waals surface area contributed by atoms with E-state index in [0.717, 1.165) is 11.4 Å². The van der Waals surface area contributed by atoms with Crippen LogP contribution in [0.2, 0.25) is 0 Å². The average Bonchev–Trinajstić information content (AvgIpc) is 2.77. The number of aryl methyl sites for hydroxylation is 1. The second kappa shape index (κ2) is 4.83. The fraction of sp³-hybridized carbons (Fsp3) is 0.222. The zero-order valence-electron chi connectivity index (χ0n) is 9.04. The molecule has 0 fully saturated rings. The number of carbonyl (C=O) groups excluding carboxylic acids is 1. The molecular formula is C9H10N6OS. The zero-order valence-corrected chi connectivity index (χ0v) is 9.86. The molecule has 0 saturated heterocycles. The third-order valence-corrected chi connectivity index (χ3v) is 2.86. The molecule has 1 amide bonds. The Hall–Kier alpha value is -2.09. The van der Waals surface area contributed by atoms with Gasteiger partial charge in [0.05, 0.1) is 12.4 Å². The van der Waals surface area contributed by atoms with Crippen LogP contribution in [0.4, 0.5) is 10.9 Å². The Kier molecular flexibility index (Phi) is 3.24. The van der Waals surface area contributed by atoms with Crippen molar-refractivity contribution >= 4 is 28.2 Å². The number of nitrogens with one attached hydrogen (secondary N) is 1. The molecule has 8 heteroatoms. The van der Waals surface area contributed by atoms with Gasteiger partial charge < -0.3 is 5.73 Å². The van der Waals surface area contributed by atoms with Crippen LogP contribution in [0, 0.1) is 0 Å². The number of hydrogen-bond acceptors (Lipinski definition) is 7. The van der Waals surface area contributed by atoms with E-state index in [1.54, 1.807) is 0 Å². The van der Waals surface area contributed by atoms with Gasteiger partial charge in [0, 0.05) is 0 Å². The normalized spacial score (nSPS) is 10.2. The van der Waals surface area contributed by atoms with Crippen molar-refractivity contribution < 1.29 is 4.79 Å². The summed E-state index contributed by atoms with van der Waals surface area (Å²) < 4.78 is 0. The molecule has 0 saturated carbocycles. The van der Waals surface area contributed by atoms with Gasteiger partial charge in [-0.3, -0.25) is 15.1 Å². The number of anilines is 2. The molecule has 0 atom stereocenters. The third-order valence-electron chi connectivity index (χ3n) is 1.88. The molecule has 0 aliphatic rings. The number of hydrogen-bond donors (Lipinski definition) is 2. The molecule has 2 heterocycles. The summed E-state index contributed by atoms with van der Waals surface area (Å²) in [6.45, 7) is 1.97. The largest absolute Gasteiger partial charge is 0.382 e. The first-order valence-corrected chi connectivity index (χ1v) is 5.72. The van der Waals surface area contributed by atoms with Crippen LogP contribution in [0.3, 0.4) is 0 Å². The van der Waals surface area contributed by atoms with E-state index >= 15 is 0 Å². The molecule has 2 rings (SSSR count). The molecule has 2 aromatic heterocycles. The molecular weight excluding hydrogens is 240 g/mol. The Morgan fingerprint density at radius 2 is 2.29 bits per heavy atom. The minimum absolute atomic E-state index is 0.151. The van der Waals surface area contributed by atoms with Crippen molar-refractivity contribution in [3.63, 3.8) is 0 Å². The highest BCUT2D eigenvalue weighted by Crippen LogP contribution is 2.15. The Balaban J connectivity index is 2.11. The van der Waals surface area contributed by atoms with Gasteiger partial charge in [-0.05, 0) is 6.42 Å². The van der Waals surface area contributed by atoms with Crippen LogP contribution in [-0.4, -0.2) is 26.1 Å². The number of nitrogen functional groups attached to an aromatic ring is 1. The van der Waals surface area contributed by atoms with Crippen molar-refractivity contribution in [2.75, 3.05) is 11.1 Å². The van der Waals surface area contributed by atoms with Gasteiger partial charge in [-0.2, -0.15) is 0 Å². The summed E-state index contributed by atoms with van der Waals surface area (Å²) in [5, 5.41) is 11.6. The van der Waals surface area contributed by atoms with Gasteiger partial charge in [-0.15, -0.1) is 10.2 Å². The summed E-state index contributed by atoms with van der Waals surface area (Å²) in [6, 6.07) is 0. The molecule has 0 aliphatic carbocycles. The number of aromatic nitrogens is 4. The maximum Gasteiger partial charge on any atom is 0.277 e. The lowest BCUT2D eigenvalue weighted by Gasteiger charge is -1.99. The number of carbonyl (C=O) groups is 1. The Morgan fingerprint density at radius 3 is 2.94 bits per heavy atom. The van der Waals surface area contributed by atoms with Crippen LogP contribution < -0.4 is 11.1 Å². The highest BCUT2D eigenvalue weighted by Gasteiger charge is 2.11. The lowest BCUT2D eigenvalue weighted by molar-refractivity contribution is 0.102. The molecule has 17 heavy (non-hydrogen) atoms. The molecule has 0 spiro atoms. The first-order valence-electron chi connectivity index (χ1n) is 4.90. The van der Waals surface area contributed by atoms with Gasteiger partial charge in [0.1, 0.15) is 16.5 Å². The van der Waals surface area contributed by atoms with Gasteiger partial charge in [0.2, 0.25) is 5.13 Å². The van der Waals surface area contributed by atoms with Crippen LogP contribution in [0.1, 0.15) is 22.4 Å². The molecule has 88 valence electrons. The van der Waals surface area contributed by atoms with Gasteiger partial charge in [0.15, 0.2) is 0 Å². The molecule has 0 aliphatic heterocycles. The van der Waals surface area contributed by atoms with Crippen LogP contribution in [-0.2, 0) is 6.42 Å². The van der Waals surface area contributed by atoms with E-state index in [2.05, 4.69) is 25.5 Å². The first kappa shape index (κ1) is 11.4. The Labute approximate surface area is 101 Å². The van der Waals surface area contributed by atoms with Crippen molar-refractivity contribution in [3.05, 3.63) is 23.1 Å². The van der Waals surface area contributed by atoms with Crippen LogP contribution in [0.25, 0.3) is 0 Å². The molecule has 0 radical (unpaired) electrons. The summed E-state index contributed by atoms with van der Waals surface area (Å²) in [4.78, 5) is 19.4. The minimum atomic E-state index is -0.399. The number of nitrogens with two attached hydrogens (primary N) is 1. The fourth-order valence-corrected chi connectivity index (χ4v) is 1.77. The summed E-state index contributed by atoms with van der Waals surface area (Å²) in [7, 11) is 0. The van der Waals surface area contributed by atoms with Gasteiger partial charge in [-0.1, -0.05) is 18.3 Å². The molecule has 2 aromatic rings. The lowest BCUT2D eigenvalue weighted by Crippen LogP contribution is -2.14. The van der Waals surface area contributed by atoms with Crippen molar-refractivity contribution in [1.82, 2.24) is 20.2 Å². The van der Waals surface area contributed by atoms with Gasteiger partial charge in [-0.25, -0.2) is 4.98 Å². The van der Waals surface area contributed by atoms with Crippen molar-refractivity contribution in [3.8, 4) is 0 Å². The standard InChI is InChI=1S/C9H10N6OS/c1-2-7-14-15-9(17-7)13-8(16)5-3-11-4-6(10)12-5/h3-4H,2H2,1H3,(H2,10,12)(H,13,15,16). The number of nitrogens with zero attached hydrogens (tertiary/aromatic N) is 4. The summed E-state index contributed by atoms with van der Waals surface area (Å²) in [5.74, 6) is -0.201.